The number of fused-ring (bicyclic) bond motifs is 1. The number of pyridine rings is 1. The maximum atomic E-state index is 5.89. The molecule has 0 fully saturated rings. The highest BCUT2D eigenvalue weighted by atomic mass is 35.5. The lowest BCUT2D eigenvalue weighted by Gasteiger charge is -1.91. The minimum atomic E-state index is 0.650. The summed E-state index contributed by atoms with van der Waals surface area (Å²) in [4.78, 5) is 4.42. The Balaban J connectivity index is 2.19. The fourth-order valence-electron chi connectivity index (χ4n) is 1.57. The third kappa shape index (κ3) is 1.55. The molecule has 4 heteroatoms. The molecule has 0 aliphatic carbocycles. The molecule has 0 aliphatic heterocycles. The smallest absolute Gasteiger partial charge is 0.182 e. The number of rotatable bonds is 1. The summed E-state index contributed by atoms with van der Waals surface area (Å²) in [5.74, 6) is 0.711. The molecule has 78 valence electrons. The van der Waals surface area contributed by atoms with Crippen LogP contribution in [0.25, 0.3) is 17.0 Å². The molecular weight excluding hydrogens is 222 g/mol. The van der Waals surface area contributed by atoms with Gasteiger partial charge in [0.1, 0.15) is 0 Å². The van der Waals surface area contributed by atoms with Gasteiger partial charge in [0.2, 0.25) is 0 Å². The third-order valence-corrected chi connectivity index (χ3v) is 2.55. The summed E-state index contributed by atoms with van der Waals surface area (Å²) in [6.45, 7) is 0. The van der Waals surface area contributed by atoms with Gasteiger partial charge in [-0.3, -0.25) is 0 Å². The predicted octanol–water partition coefficient (Wildman–Crippen LogP) is 3.05. The van der Waals surface area contributed by atoms with Crippen LogP contribution in [0.1, 0.15) is 0 Å². The molecule has 0 amide bonds. The molecule has 3 rings (SSSR count). The Hall–Kier alpha value is -1.87. The standard InChI is InChI=1S/C12H8ClN3/c13-10-6-7-11-14-12(15-16(11)8-10)9-4-2-1-3-5-9/h1-8H. The van der Waals surface area contributed by atoms with Crippen LogP contribution in [0, 0.1) is 0 Å². The van der Waals surface area contributed by atoms with Crippen LogP contribution in [0.3, 0.4) is 0 Å². The number of nitrogens with zero attached hydrogens (tertiary/aromatic N) is 3. The average molecular weight is 230 g/mol. The fourth-order valence-corrected chi connectivity index (χ4v) is 1.72. The van der Waals surface area contributed by atoms with Crippen LogP contribution in [-0.4, -0.2) is 14.6 Å². The molecule has 2 heterocycles. The molecule has 0 spiro atoms. The van der Waals surface area contributed by atoms with Crippen LogP contribution in [0.4, 0.5) is 0 Å². The summed E-state index contributed by atoms with van der Waals surface area (Å²) < 4.78 is 1.69. The number of benzene rings is 1. The first-order valence-corrected chi connectivity index (χ1v) is 5.28. The summed E-state index contributed by atoms with van der Waals surface area (Å²) in [6.07, 6.45) is 1.75. The lowest BCUT2D eigenvalue weighted by Crippen LogP contribution is -1.85. The molecule has 16 heavy (non-hydrogen) atoms. The third-order valence-electron chi connectivity index (χ3n) is 2.33. The number of aromatic nitrogens is 3. The number of hydrogen-bond donors (Lipinski definition) is 0. The van der Waals surface area contributed by atoms with Gasteiger partial charge < -0.3 is 0 Å². The molecule has 0 radical (unpaired) electrons. The van der Waals surface area contributed by atoms with E-state index in [0.29, 0.717) is 10.8 Å². The molecule has 0 aliphatic rings. The van der Waals surface area contributed by atoms with Gasteiger partial charge in [-0.2, -0.15) is 0 Å². The van der Waals surface area contributed by atoms with Crippen molar-refractivity contribution in [3.05, 3.63) is 53.7 Å². The van der Waals surface area contributed by atoms with Crippen molar-refractivity contribution in [2.75, 3.05) is 0 Å². The molecule has 0 saturated carbocycles. The van der Waals surface area contributed by atoms with Crippen LogP contribution >= 0.6 is 11.6 Å². The van der Waals surface area contributed by atoms with Gasteiger partial charge in [-0.1, -0.05) is 41.9 Å². The van der Waals surface area contributed by atoms with E-state index in [1.54, 1.807) is 16.8 Å². The largest absolute Gasteiger partial charge is 0.219 e. The molecule has 0 atom stereocenters. The Morgan fingerprint density at radius 3 is 2.62 bits per heavy atom. The fraction of sp³-hybridized carbons (Fsp3) is 0. The Labute approximate surface area is 97.3 Å². The normalized spacial score (nSPS) is 10.8. The highest BCUT2D eigenvalue weighted by Gasteiger charge is 2.05. The van der Waals surface area contributed by atoms with Crippen molar-refractivity contribution in [2.45, 2.75) is 0 Å². The first-order valence-electron chi connectivity index (χ1n) is 4.90. The highest BCUT2D eigenvalue weighted by Crippen LogP contribution is 2.16. The highest BCUT2D eigenvalue weighted by molar-refractivity contribution is 6.30. The molecule has 0 bridgehead atoms. The van der Waals surface area contributed by atoms with Crippen LogP contribution in [-0.2, 0) is 0 Å². The molecule has 0 unspecified atom stereocenters. The van der Waals surface area contributed by atoms with Gasteiger partial charge in [0.15, 0.2) is 11.5 Å². The van der Waals surface area contributed by atoms with E-state index in [2.05, 4.69) is 10.1 Å². The van der Waals surface area contributed by atoms with Gasteiger partial charge in [0, 0.05) is 11.8 Å². The van der Waals surface area contributed by atoms with Crippen molar-refractivity contribution < 1.29 is 0 Å². The Bertz CT molecular complexity index is 631. The van der Waals surface area contributed by atoms with E-state index in [9.17, 15) is 0 Å². The van der Waals surface area contributed by atoms with E-state index in [-0.39, 0.29) is 0 Å². The Morgan fingerprint density at radius 2 is 1.81 bits per heavy atom. The Morgan fingerprint density at radius 1 is 1.00 bits per heavy atom. The maximum absolute atomic E-state index is 5.89. The molecule has 0 N–H and O–H groups in total. The summed E-state index contributed by atoms with van der Waals surface area (Å²) in [7, 11) is 0. The molecule has 1 aromatic carbocycles. The van der Waals surface area contributed by atoms with Gasteiger partial charge in [0.25, 0.3) is 0 Å². The van der Waals surface area contributed by atoms with E-state index in [1.807, 2.05) is 36.4 Å². The average Bonchev–Trinajstić information content (AvgIpc) is 2.73. The lowest BCUT2D eigenvalue weighted by atomic mass is 10.2. The SMILES string of the molecule is Clc1ccc2nc(-c3ccccc3)nn2c1. The van der Waals surface area contributed by atoms with Gasteiger partial charge in [0.05, 0.1) is 5.02 Å². The number of hydrogen-bond acceptors (Lipinski definition) is 2. The maximum Gasteiger partial charge on any atom is 0.182 e. The molecule has 3 nitrogen and oxygen atoms in total. The molecular formula is C12H8ClN3. The molecule has 0 saturated heterocycles. The van der Waals surface area contributed by atoms with Gasteiger partial charge in [-0.25, -0.2) is 9.50 Å². The van der Waals surface area contributed by atoms with Gasteiger partial charge in [-0.05, 0) is 12.1 Å². The van der Waals surface area contributed by atoms with Crippen molar-refractivity contribution in [1.82, 2.24) is 14.6 Å². The van der Waals surface area contributed by atoms with E-state index in [4.69, 9.17) is 11.6 Å². The predicted molar refractivity (Wildman–Crippen MR) is 63.4 cm³/mol. The quantitative estimate of drug-likeness (QED) is 0.642. The zero-order valence-electron chi connectivity index (χ0n) is 8.34. The zero-order chi connectivity index (χ0) is 11.0. The van der Waals surface area contributed by atoms with Gasteiger partial charge in [-0.15, -0.1) is 5.10 Å². The van der Waals surface area contributed by atoms with Crippen molar-refractivity contribution >= 4 is 17.2 Å². The van der Waals surface area contributed by atoms with Crippen LogP contribution in [0.5, 0.6) is 0 Å². The minimum Gasteiger partial charge on any atom is -0.219 e. The van der Waals surface area contributed by atoms with Gasteiger partial charge >= 0.3 is 0 Å². The van der Waals surface area contributed by atoms with E-state index >= 15 is 0 Å². The second-order valence-corrected chi connectivity index (χ2v) is 3.89. The van der Waals surface area contributed by atoms with E-state index in [0.717, 1.165) is 11.2 Å². The summed E-state index contributed by atoms with van der Waals surface area (Å²) in [6, 6.07) is 13.5. The minimum absolute atomic E-state index is 0.650. The van der Waals surface area contributed by atoms with Crippen LogP contribution in [0.15, 0.2) is 48.7 Å². The summed E-state index contributed by atoms with van der Waals surface area (Å²) >= 11 is 5.89. The van der Waals surface area contributed by atoms with Crippen molar-refractivity contribution in [3.63, 3.8) is 0 Å². The van der Waals surface area contributed by atoms with Crippen LogP contribution < -0.4 is 0 Å². The zero-order valence-corrected chi connectivity index (χ0v) is 9.09. The molecule has 2 aromatic heterocycles. The van der Waals surface area contributed by atoms with Crippen molar-refractivity contribution in [1.29, 1.82) is 0 Å². The van der Waals surface area contributed by atoms with E-state index < -0.39 is 0 Å². The topological polar surface area (TPSA) is 30.2 Å². The second-order valence-electron chi connectivity index (χ2n) is 3.45. The lowest BCUT2D eigenvalue weighted by molar-refractivity contribution is 0.966. The van der Waals surface area contributed by atoms with Crippen molar-refractivity contribution in [2.24, 2.45) is 0 Å². The summed E-state index contributed by atoms with van der Waals surface area (Å²) in [5, 5.41) is 5.01. The van der Waals surface area contributed by atoms with E-state index in [1.165, 1.54) is 0 Å². The second kappa shape index (κ2) is 3.61. The monoisotopic (exact) mass is 229 g/mol. The molecule has 3 aromatic rings. The first kappa shape index (κ1) is 9.36. The summed E-state index contributed by atoms with van der Waals surface area (Å²) in [5.41, 5.74) is 1.80. The van der Waals surface area contributed by atoms with Crippen molar-refractivity contribution in [3.8, 4) is 11.4 Å². The first-order chi connectivity index (χ1) is 7.83. The van der Waals surface area contributed by atoms with Crippen LogP contribution in [0.2, 0.25) is 5.02 Å². The number of halogens is 1. The Kier molecular flexibility index (Phi) is 2.11.